The Balaban J connectivity index is 1.41. The molecule has 2 fully saturated rings. The highest BCUT2D eigenvalue weighted by Crippen LogP contribution is 2.30. The number of hydrogen-bond acceptors (Lipinski definition) is 3. The maximum absolute atomic E-state index is 8.91. The number of hydrogen-bond donors (Lipinski definition) is 1. The van der Waals surface area contributed by atoms with Crippen molar-refractivity contribution in [2.75, 3.05) is 19.6 Å². The topological polar surface area (TPSA) is 39.1 Å². The fourth-order valence-corrected chi connectivity index (χ4v) is 3.00. The van der Waals surface area contributed by atoms with Crippen molar-refractivity contribution >= 4 is 0 Å². The summed E-state index contributed by atoms with van der Waals surface area (Å²) < 4.78 is 0. The van der Waals surface area contributed by atoms with Crippen LogP contribution in [0.4, 0.5) is 0 Å². The Morgan fingerprint density at radius 2 is 2.00 bits per heavy atom. The van der Waals surface area contributed by atoms with Crippen molar-refractivity contribution in [2.45, 2.75) is 38.3 Å². The molecule has 20 heavy (non-hydrogen) atoms. The molecule has 3 heteroatoms. The molecule has 1 N–H and O–H groups in total. The van der Waals surface area contributed by atoms with Gasteiger partial charge in [0.05, 0.1) is 11.6 Å². The van der Waals surface area contributed by atoms with Crippen LogP contribution >= 0.6 is 0 Å². The van der Waals surface area contributed by atoms with E-state index in [0.717, 1.165) is 18.0 Å². The van der Waals surface area contributed by atoms with Crippen LogP contribution in [0.3, 0.4) is 0 Å². The maximum atomic E-state index is 8.91. The highest BCUT2D eigenvalue weighted by Gasteiger charge is 2.26. The number of nitrogens with one attached hydrogen (secondary N) is 1. The first-order valence-electron chi connectivity index (χ1n) is 7.78. The molecule has 2 aliphatic rings. The van der Waals surface area contributed by atoms with Crippen LogP contribution in [0.2, 0.25) is 0 Å². The van der Waals surface area contributed by atoms with Crippen LogP contribution in [-0.2, 0) is 6.54 Å². The molecule has 1 saturated heterocycles. The minimum absolute atomic E-state index is 0.635. The predicted molar refractivity (Wildman–Crippen MR) is 80.2 cm³/mol. The third-order valence-corrected chi connectivity index (χ3v) is 4.45. The summed E-state index contributed by atoms with van der Waals surface area (Å²) in [5, 5.41) is 12.6. The fraction of sp³-hybridized carbons (Fsp3) is 0.588. The van der Waals surface area contributed by atoms with Crippen molar-refractivity contribution in [1.29, 1.82) is 5.26 Å². The first-order valence-corrected chi connectivity index (χ1v) is 7.78. The van der Waals surface area contributed by atoms with Crippen LogP contribution in [0, 0.1) is 17.2 Å². The molecule has 1 aromatic carbocycles. The Bertz CT molecular complexity index is 479. The highest BCUT2D eigenvalue weighted by molar-refractivity contribution is 5.32. The average Bonchev–Trinajstić information content (AvgIpc) is 3.31. The van der Waals surface area contributed by atoms with E-state index in [9.17, 15) is 0 Å². The van der Waals surface area contributed by atoms with Crippen molar-refractivity contribution < 1.29 is 0 Å². The van der Waals surface area contributed by atoms with Crippen LogP contribution in [0.25, 0.3) is 0 Å². The molecule has 1 heterocycles. The van der Waals surface area contributed by atoms with Gasteiger partial charge in [0.2, 0.25) is 0 Å². The van der Waals surface area contributed by atoms with E-state index in [4.69, 9.17) is 5.26 Å². The summed E-state index contributed by atoms with van der Waals surface area (Å²) in [6, 6.07) is 10.7. The quantitative estimate of drug-likeness (QED) is 0.892. The Hall–Kier alpha value is -1.37. The molecule has 1 aliphatic carbocycles. The predicted octanol–water partition coefficient (Wildman–Crippen LogP) is 2.52. The standard InChI is InChI=1S/C17H23N3/c18-11-15-2-1-3-16(10-15)12-19-17-6-8-20(9-7-17)13-14-4-5-14/h1-3,10,14,17,19H,4-9,12-13H2. The van der Waals surface area contributed by atoms with Gasteiger partial charge < -0.3 is 10.2 Å². The smallest absolute Gasteiger partial charge is 0.0991 e. The minimum atomic E-state index is 0.635. The van der Waals surface area contributed by atoms with Crippen LogP contribution in [0.15, 0.2) is 24.3 Å². The lowest BCUT2D eigenvalue weighted by molar-refractivity contribution is 0.190. The van der Waals surface area contributed by atoms with Crippen molar-refractivity contribution in [3.05, 3.63) is 35.4 Å². The zero-order valence-electron chi connectivity index (χ0n) is 12.0. The Morgan fingerprint density at radius 1 is 1.20 bits per heavy atom. The lowest BCUT2D eigenvalue weighted by Crippen LogP contribution is -2.42. The van der Waals surface area contributed by atoms with Gasteiger partial charge in [-0.1, -0.05) is 12.1 Å². The molecule has 0 aromatic heterocycles. The van der Waals surface area contributed by atoms with E-state index in [1.807, 2.05) is 18.2 Å². The molecule has 0 spiro atoms. The van der Waals surface area contributed by atoms with Gasteiger partial charge in [-0.3, -0.25) is 0 Å². The summed E-state index contributed by atoms with van der Waals surface area (Å²) >= 11 is 0. The van der Waals surface area contributed by atoms with Gasteiger partial charge in [0.1, 0.15) is 0 Å². The zero-order valence-corrected chi connectivity index (χ0v) is 12.0. The molecule has 106 valence electrons. The number of likely N-dealkylation sites (tertiary alicyclic amines) is 1. The van der Waals surface area contributed by atoms with Crippen LogP contribution in [0.5, 0.6) is 0 Å². The van der Waals surface area contributed by atoms with Gasteiger partial charge in [0.15, 0.2) is 0 Å². The number of nitriles is 1. The molecular weight excluding hydrogens is 246 g/mol. The molecular formula is C17H23N3. The lowest BCUT2D eigenvalue weighted by atomic mass is 10.0. The monoisotopic (exact) mass is 269 g/mol. The molecule has 1 aliphatic heterocycles. The molecule has 0 atom stereocenters. The Kier molecular flexibility index (Phi) is 4.34. The van der Waals surface area contributed by atoms with E-state index >= 15 is 0 Å². The number of piperidine rings is 1. The summed E-state index contributed by atoms with van der Waals surface area (Å²) in [4.78, 5) is 2.63. The van der Waals surface area contributed by atoms with Gasteiger partial charge in [-0.2, -0.15) is 5.26 Å². The van der Waals surface area contributed by atoms with Gasteiger partial charge in [-0.05, 0) is 62.4 Å². The van der Waals surface area contributed by atoms with Crippen molar-refractivity contribution in [1.82, 2.24) is 10.2 Å². The molecule has 0 radical (unpaired) electrons. The van der Waals surface area contributed by atoms with Gasteiger partial charge in [0, 0.05) is 19.1 Å². The van der Waals surface area contributed by atoms with Crippen LogP contribution in [-0.4, -0.2) is 30.6 Å². The van der Waals surface area contributed by atoms with Crippen LogP contribution in [0.1, 0.15) is 36.8 Å². The summed E-state index contributed by atoms with van der Waals surface area (Å²) in [5.41, 5.74) is 1.97. The average molecular weight is 269 g/mol. The third-order valence-electron chi connectivity index (χ3n) is 4.45. The summed E-state index contributed by atoms with van der Waals surface area (Å²) in [6.45, 7) is 4.69. The molecule has 0 unspecified atom stereocenters. The molecule has 3 rings (SSSR count). The van der Waals surface area contributed by atoms with Crippen LogP contribution < -0.4 is 5.32 Å². The molecule has 0 bridgehead atoms. The zero-order chi connectivity index (χ0) is 13.8. The number of nitrogens with zero attached hydrogens (tertiary/aromatic N) is 2. The largest absolute Gasteiger partial charge is 0.310 e. The summed E-state index contributed by atoms with van der Waals surface area (Å²) in [5.74, 6) is 1.01. The van der Waals surface area contributed by atoms with E-state index < -0.39 is 0 Å². The maximum Gasteiger partial charge on any atom is 0.0991 e. The first kappa shape index (κ1) is 13.6. The number of benzene rings is 1. The summed E-state index contributed by atoms with van der Waals surface area (Å²) in [7, 11) is 0. The van der Waals surface area contributed by atoms with Crippen molar-refractivity contribution in [3.8, 4) is 6.07 Å². The van der Waals surface area contributed by atoms with Gasteiger partial charge >= 0.3 is 0 Å². The van der Waals surface area contributed by atoms with E-state index in [0.29, 0.717) is 6.04 Å². The second-order valence-electron chi connectivity index (χ2n) is 6.21. The number of rotatable bonds is 5. The lowest BCUT2D eigenvalue weighted by Gasteiger charge is -2.32. The highest BCUT2D eigenvalue weighted by atomic mass is 15.1. The van der Waals surface area contributed by atoms with Crippen molar-refractivity contribution in [3.63, 3.8) is 0 Å². The van der Waals surface area contributed by atoms with Crippen molar-refractivity contribution in [2.24, 2.45) is 5.92 Å². The third kappa shape index (κ3) is 3.82. The van der Waals surface area contributed by atoms with Gasteiger partial charge in [0.25, 0.3) is 0 Å². The van der Waals surface area contributed by atoms with E-state index in [2.05, 4.69) is 22.4 Å². The molecule has 1 saturated carbocycles. The molecule has 3 nitrogen and oxygen atoms in total. The minimum Gasteiger partial charge on any atom is -0.310 e. The first-order chi connectivity index (χ1) is 9.83. The second kappa shape index (κ2) is 6.39. The summed E-state index contributed by atoms with van der Waals surface area (Å²) in [6.07, 6.45) is 5.41. The van der Waals surface area contributed by atoms with E-state index in [-0.39, 0.29) is 0 Å². The molecule has 1 aromatic rings. The molecule has 0 amide bonds. The van der Waals surface area contributed by atoms with E-state index in [1.165, 1.54) is 50.9 Å². The van der Waals surface area contributed by atoms with Gasteiger partial charge in [-0.25, -0.2) is 0 Å². The Labute approximate surface area is 121 Å². The van der Waals surface area contributed by atoms with E-state index in [1.54, 1.807) is 0 Å². The normalized spacial score (nSPS) is 20.8. The second-order valence-corrected chi connectivity index (χ2v) is 6.21. The SMILES string of the molecule is N#Cc1cccc(CNC2CCN(CC3CC3)CC2)c1. The Morgan fingerprint density at radius 3 is 2.70 bits per heavy atom. The fourth-order valence-electron chi connectivity index (χ4n) is 3.00. The van der Waals surface area contributed by atoms with Gasteiger partial charge in [-0.15, -0.1) is 0 Å².